The maximum Gasteiger partial charge on any atom is 0.290 e. The van der Waals surface area contributed by atoms with E-state index >= 15 is 0 Å². The van der Waals surface area contributed by atoms with Crippen LogP contribution < -0.4 is 14.9 Å². The van der Waals surface area contributed by atoms with Crippen molar-refractivity contribution in [2.75, 3.05) is 20.8 Å². The zero-order valence-corrected chi connectivity index (χ0v) is 20.7. The minimum Gasteiger partial charge on any atom is -0.503 e. The van der Waals surface area contributed by atoms with Gasteiger partial charge >= 0.3 is 0 Å². The van der Waals surface area contributed by atoms with E-state index in [0.717, 1.165) is 11.3 Å². The normalized spacial score (nSPS) is 14.9. The molecule has 0 saturated heterocycles. The smallest absolute Gasteiger partial charge is 0.290 e. The van der Waals surface area contributed by atoms with E-state index in [0.29, 0.717) is 34.0 Å². The van der Waals surface area contributed by atoms with E-state index in [4.69, 9.17) is 13.9 Å². The molecule has 1 atom stereocenters. The number of hydrogen-bond acceptors (Lipinski definition) is 6. The SMILES string of the molecule is COc1ccc(CCN2C(=O)c3oc4ccccc4c(=O)c3[C@H]2c2cc(Br)c(O)c(OC)c2)cc1. The Labute approximate surface area is 209 Å². The molecule has 1 amide bonds. The van der Waals surface area contributed by atoms with Crippen molar-refractivity contribution in [1.29, 1.82) is 0 Å². The van der Waals surface area contributed by atoms with E-state index in [2.05, 4.69) is 15.9 Å². The Morgan fingerprint density at radius 3 is 2.49 bits per heavy atom. The highest BCUT2D eigenvalue weighted by Crippen LogP contribution is 2.43. The van der Waals surface area contributed by atoms with Gasteiger partial charge in [-0.2, -0.15) is 0 Å². The maximum absolute atomic E-state index is 13.6. The fourth-order valence-electron chi connectivity index (χ4n) is 4.49. The summed E-state index contributed by atoms with van der Waals surface area (Å²) in [5, 5.41) is 10.7. The zero-order valence-electron chi connectivity index (χ0n) is 19.1. The number of benzene rings is 3. The van der Waals surface area contributed by atoms with E-state index in [1.807, 2.05) is 24.3 Å². The van der Waals surface area contributed by atoms with Crippen molar-refractivity contribution < 1.29 is 23.8 Å². The van der Waals surface area contributed by atoms with Gasteiger partial charge in [0.25, 0.3) is 5.91 Å². The third-order valence-electron chi connectivity index (χ3n) is 6.26. The standard InChI is InChI=1S/C27H22BrNO6/c1-33-17-9-7-15(8-10-17)11-12-29-23(16-13-19(28)25(31)21(14-16)34-2)22-24(30)18-5-3-4-6-20(18)35-26(22)27(29)32/h3-10,13-14,23,31H,11-12H2,1-2H3/t23-/m1/s1. The van der Waals surface area contributed by atoms with Gasteiger partial charge in [0.05, 0.1) is 35.7 Å². The van der Waals surface area contributed by atoms with E-state index in [9.17, 15) is 14.7 Å². The lowest BCUT2D eigenvalue weighted by Gasteiger charge is -2.26. The summed E-state index contributed by atoms with van der Waals surface area (Å²) in [6.45, 7) is 0.344. The number of para-hydroxylation sites is 1. The fraction of sp³-hybridized carbons (Fsp3) is 0.185. The Kier molecular flexibility index (Phi) is 5.98. The number of aromatic hydroxyl groups is 1. The molecule has 35 heavy (non-hydrogen) atoms. The Bertz CT molecular complexity index is 1490. The topological polar surface area (TPSA) is 89.2 Å². The number of methoxy groups -OCH3 is 2. The number of fused-ring (bicyclic) bond motifs is 2. The summed E-state index contributed by atoms with van der Waals surface area (Å²) in [6.07, 6.45) is 0.560. The lowest BCUT2D eigenvalue weighted by molar-refractivity contribution is 0.0730. The second kappa shape index (κ2) is 9.11. The van der Waals surface area contributed by atoms with Crippen LogP contribution in [0.25, 0.3) is 11.0 Å². The number of nitrogens with zero attached hydrogens (tertiary/aromatic N) is 1. The summed E-state index contributed by atoms with van der Waals surface area (Å²) in [4.78, 5) is 28.8. The van der Waals surface area contributed by atoms with Gasteiger partial charge in [0, 0.05) is 6.54 Å². The number of carbonyl (C=O) groups is 1. The Morgan fingerprint density at radius 2 is 1.77 bits per heavy atom. The molecule has 4 aromatic rings. The van der Waals surface area contributed by atoms with Crippen molar-refractivity contribution in [2.45, 2.75) is 12.5 Å². The van der Waals surface area contributed by atoms with Gasteiger partial charge < -0.3 is 23.9 Å². The molecule has 0 bridgehead atoms. The summed E-state index contributed by atoms with van der Waals surface area (Å²) in [5.41, 5.74) is 2.03. The quantitative estimate of drug-likeness (QED) is 0.371. The lowest BCUT2D eigenvalue weighted by Crippen LogP contribution is -2.31. The van der Waals surface area contributed by atoms with E-state index in [1.54, 1.807) is 48.4 Å². The second-order valence-corrected chi connectivity index (χ2v) is 9.08. The lowest BCUT2D eigenvalue weighted by atomic mass is 9.97. The number of ether oxygens (including phenoxy) is 2. The molecule has 0 fully saturated rings. The van der Waals surface area contributed by atoms with Crippen LogP contribution in [0.1, 0.15) is 33.3 Å². The third-order valence-corrected chi connectivity index (χ3v) is 6.86. The van der Waals surface area contributed by atoms with Gasteiger partial charge in [-0.1, -0.05) is 24.3 Å². The average molecular weight is 536 g/mol. The highest BCUT2D eigenvalue weighted by molar-refractivity contribution is 9.10. The number of phenols is 1. The van der Waals surface area contributed by atoms with Crippen molar-refractivity contribution in [3.8, 4) is 17.2 Å². The third kappa shape index (κ3) is 3.93. The first-order chi connectivity index (χ1) is 16.9. The molecule has 0 radical (unpaired) electrons. The number of amides is 1. The van der Waals surface area contributed by atoms with Crippen LogP contribution in [0.4, 0.5) is 0 Å². The highest BCUT2D eigenvalue weighted by atomic mass is 79.9. The van der Waals surface area contributed by atoms with Crippen LogP contribution in [-0.2, 0) is 6.42 Å². The van der Waals surface area contributed by atoms with Crippen LogP contribution >= 0.6 is 15.9 Å². The molecule has 7 nitrogen and oxygen atoms in total. The largest absolute Gasteiger partial charge is 0.503 e. The summed E-state index contributed by atoms with van der Waals surface area (Å²) >= 11 is 3.36. The molecule has 3 aromatic carbocycles. The predicted octanol–water partition coefficient (Wildman–Crippen LogP) is 5.07. The van der Waals surface area contributed by atoms with Crippen molar-refractivity contribution in [3.63, 3.8) is 0 Å². The van der Waals surface area contributed by atoms with Gasteiger partial charge in [0.15, 0.2) is 16.9 Å². The fourth-order valence-corrected chi connectivity index (χ4v) is 4.95. The van der Waals surface area contributed by atoms with Crippen molar-refractivity contribution in [2.24, 2.45) is 0 Å². The highest BCUT2D eigenvalue weighted by Gasteiger charge is 2.43. The summed E-state index contributed by atoms with van der Waals surface area (Å²) in [7, 11) is 3.06. The van der Waals surface area contributed by atoms with E-state index in [1.165, 1.54) is 7.11 Å². The second-order valence-electron chi connectivity index (χ2n) is 8.22. The average Bonchev–Trinajstić information content (AvgIpc) is 3.16. The van der Waals surface area contributed by atoms with Crippen LogP contribution in [0.15, 0.2) is 74.3 Å². The molecule has 0 unspecified atom stereocenters. The molecule has 178 valence electrons. The van der Waals surface area contributed by atoms with Crippen LogP contribution in [-0.4, -0.2) is 36.7 Å². The summed E-state index contributed by atoms with van der Waals surface area (Å²) < 4.78 is 16.9. The molecule has 1 aliphatic heterocycles. The number of phenolic OH excluding ortho intramolecular Hbond substituents is 1. The molecule has 0 aliphatic carbocycles. The van der Waals surface area contributed by atoms with Crippen molar-refractivity contribution in [1.82, 2.24) is 4.90 Å². The first kappa shape index (κ1) is 23.0. The predicted molar refractivity (Wildman–Crippen MR) is 134 cm³/mol. The van der Waals surface area contributed by atoms with Gasteiger partial charge in [-0.25, -0.2) is 0 Å². The van der Waals surface area contributed by atoms with Crippen molar-refractivity contribution in [3.05, 3.63) is 97.8 Å². The van der Waals surface area contributed by atoms with Crippen molar-refractivity contribution >= 4 is 32.8 Å². The van der Waals surface area contributed by atoms with E-state index in [-0.39, 0.29) is 34.2 Å². The van der Waals surface area contributed by atoms with Gasteiger partial charge in [-0.3, -0.25) is 9.59 Å². The number of halogens is 1. The zero-order chi connectivity index (χ0) is 24.7. The molecule has 1 N–H and O–H groups in total. The van der Waals surface area contributed by atoms with Crippen LogP contribution in [0, 0.1) is 0 Å². The van der Waals surface area contributed by atoms with Gasteiger partial charge in [-0.05, 0) is 69.9 Å². The van der Waals surface area contributed by atoms with Crippen LogP contribution in [0.2, 0.25) is 0 Å². The molecule has 2 heterocycles. The first-order valence-corrected chi connectivity index (χ1v) is 11.8. The minimum atomic E-state index is -0.706. The molecular weight excluding hydrogens is 514 g/mol. The Morgan fingerprint density at radius 1 is 1.03 bits per heavy atom. The van der Waals surface area contributed by atoms with Crippen LogP contribution in [0.5, 0.6) is 17.2 Å². The molecular formula is C27H22BrNO6. The maximum atomic E-state index is 13.6. The van der Waals surface area contributed by atoms with Gasteiger partial charge in [0.2, 0.25) is 5.76 Å². The molecule has 8 heteroatoms. The summed E-state index contributed by atoms with van der Waals surface area (Å²) in [5.74, 6) is 0.603. The van der Waals surface area contributed by atoms with E-state index < -0.39 is 6.04 Å². The molecule has 0 spiro atoms. The summed E-state index contributed by atoms with van der Waals surface area (Å²) in [6, 6.07) is 17.1. The van der Waals surface area contributed by atoms with Gasteiger partial charge in [0.1, 0.15) is 11.3 Å². The number of carbonyl (C=O) groups excluding carboxylic acids is 1. The Balaban J connectivity index is 1.64. The monoisotopic (exact) mass is 535 g/mol. The van der Waals surface area contributed by atoms with Crippen LogP contribution in [0.3, 0.4) is 0 Å². The van der Waals surface area contributed by atoms with Gasteiger partial charge in [-0.15, -0.1) is 0 Å². The Hall–Kier alpha value is -3.78. The minimum absolute atomic E-state index is 0.0385. The molecule has 5 rings (SSSR count). The first-order valence-electron chi connectivity index (χ1n) is 11.0. The molecule has 1 aromatic heterocycles. The number of rotatable bonds is 6. The number of hydrogen-bond donors (Lipinski definition) is 1. The molecule has 1 aliphatic rings. The molecule has 0 saturated carbocycles.